The van der Waals surface area contributed by atoms with Crippen molar-refractivity contribution in [2.75, 3.05) is 11.1 Å². The highest BCUT2D eigenvalue weighted by atomic mass is 32.2. The standard InChI is InChI=1S/C21H18N4O2S/c1-2-10-28-21-24-19-18(20(27)25-21)16(13-8-6-12(11-22)7-9-13)17-14(23-19)4-3-5-15(17)26/h2,6-9,16H,1,3-5,10H2,(H2,23,24,25,27). The van der Waals surface area contributed by atoms with Crippen molar-refractivity contribution < 1.29 is 4.79 Å². The van der Waals surface area contributed by atoms with Gasteiger partial charge in [-0.3, -0.25) is 9.59 Å². The van der Waals surface area contributed by atoms with Gasteiger partial charge in [0.15, 0.2) is 10.9 Å². The number of thioether (sulfide) groups is 1. The highest BCUT2D eigenvalue weighted by Gasteiger charge is 2.37. The van der Waals surface area contributed by atoms with Crippen LogP contribution in [0.1, 0.15) is 41.9 Å². The van der Waals surface area contributed by atoms with Crippen molar-refractivity contribution in [2.45, 2.75) is 30.3 Å². The van der Waals surface area contributed by atoms with Gasteiger partial charge in [0.2, 0.25) is 0 Å². The number of fused-ring (bicyclic) bond motifs is 1. The third-order valence-corrected chi connectivity index (χ3v) is 5.82. The van der Waals surface area contributed by atoms with E-state index in [-0.39, 0.29) is 11.3 Å². The third-order valence-electron chi connectivity index (χ3n) is 4.95. The first-order valence-corrected chi connectivity index (χ1v) is 10.0. The van der Waals surface area contributed by atoms with Gasteiger partial charge < -0.3 is 10.3 Å². The fourth-order valence-corrected chi connectivity index (χ4v) is 4.33. The molecule has 0 spiro atoms. The van der Waals surface area contributed by atoms with Gasteiger partial charge in [0, 0.05) is 29.4 Å². The molecule has 2 N–H and O–H groups in total. The lowest BCUT2D eigenvalue weighted by atomic mass is 9.76. The zero-order chi connectivity index (χ0) is 19.7. The lowest BCUT2D eigenvalue weighted by Crippen LogP contribution is -2.32. The minimum Gasteiger partial charge on any atom is -0.343 e. The van der Waals surface area contributed by atoms with Crippen LogP contribution in [0.15, 0.2) is 58.1 Å². The van der Waals surface area contributed by atoms with Crippen LogP contribution in [0.5, 0.6) is 0 Å². The summed E-state index contributed by atoms with van der Waals surface area (Å²) in [5, 5.41) is 12.8. The van der Waals surface area contributed by atoms with Crippen LogP contribution in [-0.2, 0) is 4.79 Å². The maximum atomic E-state index is 13.0. The Morgan fingerprint density at radius 3 is 2.79 bits per heavy atom. The van der Waals surface area contributed by atoms with Crippen molar-refractivity contribution in [2.24, 2.45) is 0 Å². The van der Waals surface area contributed by atoms with E-state index in [0.29, 0.717) is 39.8 Å². The van der Waals surface area contributed by atoms with Crippen LogP contribution in [0.4, 0.5) is 5.82 Å². The van der Waals surface area contributed by atoms with E-state index in [9.17, 15) is 9.59 Å². The largest absolute Gasteiger partial charge is 0.343 e. The molecule has 4 rings (SSSR count). The normalized spacial score (nSPS) is 18.0. The van der Waals surface area contributed by atoms with Crippen molar-refractivity contribution >= 4 is 23.4 Å². The number of allylic oxidation sites excluding steroid dienone is 2. The third kappa shape index (κ3) is 3.16. The molecule has 0 amide bonds. The number of aromatic nitrogens is 2. The quantitative estimate of drug-likeness (QED) is 0.471. The zero-order valence-corrected chi connectivity index (χ0v) is 15.9. The first-order valence-electron chi connectivity index (χ1n) is 9.03. The monoisotopic (exact) mass is 390 g/mol. The fraction of sp³-hybridized carbons (Fsp3) is 0.238. The number of nitrogens with zero attached hydrogens (tertiary/aromatic N) is 2. The summed E-state index contributed by atoms with van der Waals surface area (Å²) in [6, 6.07) is 9.14. The second kappa shape index (κ2) is 7.49. The van der Waals surface area contributed by atoms with Crippen molar-refractivity contribution in [3.05, 3.63) is 75.2 Å². The lowest BCUT2D eigenvalue weighted by molar-refractivity contribution is -0.116. The smallest absolute Gasteiger partial charge is 0.257 e. The molecule has 7 heteroatoms. The van der Waals surface area contributed by atoms with Gasteiger partial charge >= 0.3 is 0 Å². The van der Waals surface area contributed by atoms with Gasteiger partial charge in [0.25, 0.3) is 5.56 Å². The molecule has 0 saturated carbocycles. The summed E-state index contributed by atoms with van der Waals surface area (Å²) in [7, 11) is 0. The molecule has 28 heavy (non-hydrogen) atoms. The van der Waals surface area contributed by atoms with E-state index < -0.39 is 5.92 Å². The second-order valence-electron chi connectivity index (χ2n) is 6.69. The Hall–Kier alpha value is -3.11. The molecular formula is C21H18N4O2S. The van der Waals surface area contributed by atoms with Gasteiger partial charge in [0.05, 0.1) is 17.2 Å². The summed E-state index contributed by atoms with van der Waals surface area (Å²) < 4.78 is 0. The number of carbonyl (C=O) groups is 1. The number of nitriles is 1. The van der Waals surface area contributed by atoms with E-state index in [1.54, 1.807) is 18.2 Å². The molecule has 1 aromatic heterocycles. The number of hydrogen-bond acceptors (Lipinski definition) is 6. The Balaban J connectivity index is 1.90. The van der Waals surface area contributed by atoms with E-state index >= 15 is 0 Å². The van der Waals surface area contributed by atoms with Gasteiger partial charge in [-0.05, 0) is 30.5 Å². The molecule has 1 unspecified atom stereocenters. The van der Waals surface area contributed by atoms with Crippen molar-refractivity contribution in [3.8, 4) is 6.07 Å². The fourth-order valence-electron chi connectivity index (χ4n) is 3.73. The number of anilines is 1. The number of carbonyl (C=O) groups excluding carboxylic acids is 1. The summed E-state index contributed by atoms with van der Waals surface area (Å²) in [4.78, 5) is 33.2. The number of nitrogens with one attached hydrogen (secondary N) is 2. The molecule has 1 aliphatic heterocycles. The van der Waals surface area contributed by atoms with E-state index in [1.165, 1.54) is 11.8 Å². The van der Waals surface area contributed by atoms with Crippen molar-refractivity contribution in [1.82, 2.24) is 9.97 Å². The van der Waals surface area contributed by atoms with Crippen LogP contribution in [0, 0.1) is 11.3 Å². The van der Waals surface area contributed by atoms with Crippen LogP contribution in [0.2, 0.25) is 0 Å². The highest BCUT2D eigenvalue weighted by molar-refractivity contribution is 7.99. The molecule has 0 bridgehead atoms. The number of Topliss-reactive ketones (excluding diaryl/α,β-unsaturated/α-hetero) is 1. The average molecular weight is 390 g/mol. The van der Waals surface area contributed by atoms with Crippen molar-refractivity contribution in [3.63, 3.8) is 0 Å². The second-order valence-corrected chi connectivity index (χ2v) is 7.70. The molecule has 6 nitrogen and oxygen atoms in total. The molecule has 2 aliphatic rings. The predicted octanol–water partition coefficient (Wildman–Crippen LogP) is 3.48. The Kier molecular flexibility index (Phi) is 4.88. The molecule has 1 atom stereocenters. The van der Waals surface area contributed by atoms with Crippen LogP contribution < -0.4 is 10.9 Å². The van der Waals surface area contributed by atoms with E-state index in [2.05, 4.69) is 27.9 Å². The molecule has 1 aliphatic carbocycles. The first kappa shape index (κ1) is 18.3. The van der Waals surface area contributed by atoms with Gasteiger partial charge in [-0.25, -0.2) is 4.98 Å². The molecule has 1 aromatic carbocycles. The zero-order valence-electron chi connectivity index (χ0n) is 15.1. The number of rotatable bonds is 4. The minimum absolute atomic E-state index is 0.0540. The minimum atomic E-state index is -0.485. The number of H-pyrrole nitrogens is 1. The Morgan fingerprint density at radius 1 is 1.29 bits per heavy atom. The molecule has 0 fully saturated rings. The topological polar surface area (TPSA) is 98.6 Å². The summed E-state index contributed by atoms with van der Waals surface area (Å²) in [6.07, 6.45) is 3.75. The van der Waals surface area contributed by atoms with Gasteiger partial charge in [-0.2, -0.15) is 5.26 Å². The Bertz CT molecular complexity index is 1090. The number of benzene rings is 1. The molecule has 0 saturated heterocycles. The molecular weight excluding hydrogens is 372 g/mol. The van der Waals surface area contributed by atoms with Gasteiger partial charge in [-0.15, -0.1) is 6.58 Å². The summed E-state index contributed by atoms with van der Waals surface area (Å²) in [5.41, 5.74) is 3.01. The van der Waals surface area contributed by atoms with E-state index in [0.717, 1.165) is 24.1 Å². The summed E-state index contributed by atoms with van der Waals surface area (Å²) in [6.45, 7) is 3.69. The Labute approximate surface area is 166 Å². The maximum Gasteiger partial charge on any atom is 0.257 e. The van der Waals surface area contributed by atoms with Crippen LogP contribution in [0.25, 0.3) is 0 Å². The SMILES string of the molecule is C=CCSc1nc2c(c(=O)[nH]1)C(c1ccc(C#N)cc1)C1=C(CCCC1=O)N2. The van der Waals surface area contributed by atoms with E-state index in [4.69, 9.17) is 5.26 Å². The van der Waals surface area contributed by atoms with Crippen LogP contribution >= 0.6 is 11.8 Å². The van der Waals surface area contributed by atoms with Crippen molar-refractivity contribution in [1.29, 1.82) is 5.26 Å². The number of hydrogen-bond donors (Lipinski definition) is 2. The summed E-state index contributed by atoms with van der Waals surface area (Å²) in [5.74, 6) is 0.700. The first-order chi connectivity index (χ1) is 13.6. The summed E-state index contributed by atoms with van der Waals surface area (Å²) >= 11 is 1.40. The number of ketones is 1. The highest BCUT2D eigenvalue weighted by Crippen LogP contribution is 2.43. The van der Waals surface area contributed by atoms with Crippen LogP contribution in [-0.4, -0.2) is 21.5 Å². The molecule has 2 aromatic rings. The molecule has 140 valence electrons. The maximum absolute atomic E-state index is 13.0. The lowest BCUT2D eigenvalue weighted by Gasteiger charge is -2.32. The average Bonchev–Trinajstić information content (AvgIpc) is 2.71. The van der Waals surface area contributed by atoms with Crippen LogP contribution in [0.3, 0.4) is 0 Å². The molecule has 2 heterocycles. The van der Waals surface area contributed by atoms with Gasteiger partial charge in [-0.1, -0.05) is 30.0 Å². The van der Waals surface area contributed by atoms with Gasteiger partial charge in [0.1, 0.15) is 5.82 Å². The number of aromatic amines is 1. The molecule has 0 radical (unpaired) electrons. The Morgan fingerprint density at radius 2 is 2.07 bits per heavy atom. The predicted molar refractivity (Wildman–Crippen MR) is 108 cm³/mol. The van der Waals surface area contributed by atoms with E-state index in [1.807, 2.05) is 12.1 Å².